The SMILES string of the molecule is c1ccc(-c2cc(-c3ccc(-c4ccc(-c5ccc(-c6nc(-c7ccccc7)nc(-c7ccccc7)n6)cc5)cc4)cn3)nc(-c3ccc4ccccc4n3)c2)cc1. The van der Waals surface area contributed by atoms with Gasteiger partial charge in [-0.2, -0.15) is 0 Å². The van der Waals surface area contributed by atoms with Crippen molar-refractivity contribution in [2.24, 2.45) is 0 Å². The maximum absolute atomic E-state index is 5.08. The quantitative estimate of drug-likeness (QED) is 0.154. The van der Waals surface area contributed by atoms with Gasteiger partial charge in [-0.25, -0.2) is 24.9 Å². The first-order valence-corrected chi connectivity index (χ1v) is 19.2. The van der Waals surface area contributed by atoms with Crippen LogP contribution in [0.2, 0.25) is 0 Å². The van der Waals surface area contributed by atoms with Crippen molar-refractivity contribution in [3.63, 3.8) is 0 Å². The first-order chi connectivity index (χ1) is 28.7. The van der Waals surface area contributed by atoms with E-state index in [4.69, 9.17) is 29.9 Å². The molecule has 6 heteroatoms. The van der Waals surface area contributed by atoms with Crippen molar-refractivity contribution in [3.8, 4) is 90.3 Å². The summed E-state index contributed by atoms with van der Waals surface area (Å²) in [6.07, 6.45) is 1.92. The number of hydrogen-bond donors (Lipinski definition) is 0. The molecule has 272 valence electrons. The molecule has 0 spiro atoms. The minimum Gasteiger partial charge on any atom is -0.254 e. The van der Waals surface area contributed by atoms with Gasteiger partial charge in [-0.15, -0.1) is 0 Å². The summed E-state index contributed by atoms with van der Waals surface area (Å²) >= 11 is 0. The lowest BCUT2D eigenvalue weighted by Gasteiger charge is -2.11. The van der Waals surface area contributed by atoms with Crippen LogP contribution in [0.4, 0.5) is 0 Å². The van der Waals surface area contributed by atoms with Crippen molar-refractivity contribution < 1.29 is 0 Å². The van der Waals surface area contributed by atoms with Gasteiger partial charge in [0, 0.05) is 33.8 Å². The molecule has 6 nitrogen and oxygen atoms in total. The molecule has 10 aromatic rings. The Hall–Kier alpha value is -7.96. The van der Waals surface area contributed by atoms with E-state index in [1.807, 2.05) is 103 Å². The highest BCUT2D eigenvalue weighted by Gasteiger charge is 2.14. The number of aromatic nitrogens is 6. The summed E-state index contributed by atoms with van der Waals surface area (Å²) in [6.45, 7) is 0. The number of hydrogen-bond acceptors (Lipinski definition) is 6. The maximum Gasteiger partial charge on any atom is 0.164 e. The molecule has 0 amide bonds. The zero-order chi connectivity index (χ0) is 38.7. The van der Waals surface area contributed by atoms with Crippen LogP contribution in [0.15, 0.2) is 206 Å². The molecule has 0 bridgehead atoms. The predicted octanol–water partition coefficient (Wildman–Crippen LogP) is 12.5. The Morgan fingerprint density at radius 1 is 0.241 bits per heavy atom. The Morgan fingerprint density at radius 3 is 1.21 bits per heavy atom. The molecule has 0 saturated heterocycles. The molecule has 0 aliphatic carbocycles. The number of benzene rings is 6. The fourth-order valence-electron chi connectivity index (χ4n) is 7.12. The van der Waals surface area contributed by atoms with Gasteiger partial charge in [0.15, 0.2) is 17.5 Å². The van der Waals surface area contributed by atoms with Crippen molar-refractivity contribution in [1.29, 1.82) is 0 Å². The molecule has 4 heterocycles. The molecule has 4 aromatic heterocycles. The third-order valence-corrected chi connectivity index (χ3v) is 10.2. The lowest BCUT2D eigenvalue weighted by atomic mass is 9.99. The highest BCUT2D eigenvalue weighted by atomic mass is 15.0. The average molecular weight is 743 g/mol. The van der Waals surface area contributed by atoms with E-state index in [2.05, 4.69) is 103 Å². The number of nitrogens with zero attached hydrogens (tertiary/aromatic N) is 6. The van der Waals surface area contributed by atoms with Crippen molar-refractivity contribution in [3.05, 3.63) is 206 Å². The third kappa shape index (κ3) is 7.14. The van der Waals surface area contributed by atoms with Crippen LogP contribution in [0.1, 0.15) is 0 Å². The van der Waals surface area contributed by atoms with Crippen LogP contribution in [0.5, 0.6) is 0 Å². The van der Waals surface area contributed by atoms with Crippen LogP contribution in [0.25, 0.3) is 101 Å². The number of para-hydroxylation sites is 1. The molecule has 0 aliphatic rings. The second-order valence-electron chi connectivity index (χ2n) is 14.0. The van der Waals surface area contributed by atoms with E-state index in [1.54, 1.807) is 0 Å². The van der Waals surface area contributed by atoms with Crippen LogP contribution >= 0.6 is 0 Å². The van der Waals surface area contributed by atoms with Gasteiger partial charge < -0.3 is 0 Å². The molecular formula is C52H34N6. The fraction of sp³-hybridized carbons (Fsp3) is 0. The van der Waals surface area contributed by atoms with Crippen molar-refractivity contribution in [2.45, 2.75) is 0 Å². The van der Waals surface area contributed by atoms with Crippen LogP contribution in [-0.4, -0.2) is 29.9 Å². The van der Waals surface area contributed by atoms with E-state index in [0.717, 1.165) is 83.7 Å². The zero-order valence-electron chi connectivity index (χ0n) is 31.3. The van der Waals surface area contributed by atoms with Gasteiger partial charge in [0.1, 0.15) is 0 Å². The maximum atomic E-state index is 5.08. The Bertz CT molecular complexity index is 2950. The highest BCUT2D eigenvalue weighted by Crippen LogP contribution is 2.32. The fourth-order valence-corrected chi connectivity index (χ4v) is 7.12. The summed E-state index contributed by atoms with van der Waals surface area (Å²) in [6, 6.07) is 68.0. The minimum atomic E-state index is 0.633. The summed E-state index contributed by atoms with van der Waals surface area (Å²) in [5, 5.41) is 1.10. The van der Waals surface area contributed by atoms with Gasteiger partial charge in [0.05, 0.1) is 28.3 Å². The van der Waals surface area contributed by atoms with Crippen molar-refractivity contribution >= 4 is 10.9 Å². The van der Waals surface area contributed by atoms with Gasteiger partial charge in [-0.3, -0.25) is 4.98 Å². The summed E-state index contributed by atoms with van der Waals surface area (Å²) < 4.78 is 0. The normalized spacial score (nSPS) is 11.1. The Kier molecular flexibility index (Phi) is 9.10. The van der Waals surface area contributed by atoms with E-state index in [9.17, 15) is 0 Å². The van der Waals surface area contributed by atoms with Gasteiger partial charge in [-0.1, -0.05) is 170 Å². The first kappa shape index (κ1) is 34.5. The van der Waals surface area contributed by atoms with E-state index in [-0.39, 0.29) is 0 Å². The van der Waals surface area contributed by atoms with Gasteiger partial charge in [-0.05, 0) is 58.1 Å². The van der Waals surface area contributed by atoms with Gasteiger partial charge in [0.25, 0.3) is 0 Å². The topological polar surface area (TPSA) is 77.3 Å². The monoisotopic (exact) mass is 742 g/mol. The molecule has 0 saturated carbocycles. The van der Waals surface area contributed by atoms with Crippen LogP contribution in [-0.2, 0) is 0 Å². The van der Waals surface area contributed by atoms with E-state index in [1.165, 1.54) is 0 Å². The molecule has 10 rings (SSSR count). The molecule has 0 radical (unpaired) electrons. The van der Waals surface area contributed by atoms with E-state index >= 15 is 0 Å². The lowest BCUT2D eigenvalue weighted by Crippen LogP contribution is -2.00. The van der Waals surface area contributed by atoms with Crippen LogP contribution in [0, 0.1) is 0 Å². The summed E-state index contributed by atoms with van der Waals surface area (Å²) in [7, 11) is 0. The molecule has 58 heavy (non-hydrogen) atoms. The summed E-state index contributed by atoms with van der Waals surface area (Å²) in [4.78, 5) is 29.5. The number of rotatable bonds is 8. The molecule has 0 N–H and O–H groups in total. The number of fused-ring (bicyclic) bond motifs is 1. The number of pyridine rings is 3. The molecule has 0 aliphatic heterocycles. The minimum absolute atomic E-state index is 0.633. The standard InChI is InChI=1S/C52H34N6/c1-4-12-35(13-5-1)44-32-48(55-49(33-44)47-31-28-39-14-10-11-19-45(39)54-47)46-30-29-43(34-53-46)38-22-20-36(21-23-38)37-24-26-42(27-25-37)52-57-50(40-15-6-2-7-16-40)56-51(58-52)41-17-8-3-9-18-41/h1-34H. The molecule has 0 unspecified atom stereocenters. The molecule has 0 fully saturated rings. The second-order valence-corrected chi connectivity index (χ2v) is 14.0. The predicted molar refractivity (Wildman–Crippen MR) is 234 cm³/mol. The smallest absolute Gasteiger partial charge is 0.164 e. The lowest BCUT2D eigenvalue weighted by molar-refractivity contribution is 1.07. The first-order valence-electron chi connectivity index (χ1n) is 19.2. The third-order valence-electron chi connectivity index (χ3n) is 10.2. The Morgan fingerprint density at radius 2 is 0.655 bits per heavy atom. The van der Waals surface area contributed by atoms with E-state index < -0.39 is 0 Å². The molecule has 0 atom stereocenters. The van der Waals surface area contributed by atoms with Crippen molar-refractivity contribution in [1.82, 2.24) is 29.9 Å². The second kappa shape index (κ2) is 15.3. The highest BCUT2D eigenvalue weighted by molar-refractivity contribution is 5.83. The summed E-state index contributed by atoms with van der Waals surface area (Å²) in [5.41, 5.74) is 13.5. The van der Waals surface area contributed by atoms with E-state index in [0.29, 0.717) is 17.5 Å². The Balaban J connectivity index is 0.913. The van der Waals surface area contributed by atoms with Crippen LogP contribution < -0.4 is 0 Å². The van der Waals surface area contributed by atoms with Crippen molar-refractivity contribution in [2.75, 3.05) is 0 Å². The van der Waals surface area contributed by atoms with Gasteiger partial charge in [0.2, 0.25) is 0 Å². The Labute approximate surface area is 336 Å². The summed E-state index contributed by atoms with van der Waals surface area (Å²) in [5.74, 6) is 1.92. The largest absolute Gasteiger partial charge is 0.254 e. The molecule has 6 aromatic carbocycles. The van der Waals surface area contributed by atoms with Crippen LogP contribution in [0.3, 0.4) is 0 Å². The van der Waals surface area contributed by atoms with Gasteiger partial charge >= 0.3 is 0 Å². The average Bonchev–Trinajstić information content (AvgIpc) is 3.32. The molecular weight excluding hydrogens is 709 g/mol. The zero-order valence-corrected chi connectivity index (χ0v) is 31.3.